The summed E-state index contributed by atoms with van der Waals surface area (Å²) in [5, 5.41) is 8.56. The van der Waals surface area contributed by atoms with Gasteiger partial charge in [0, 0.05) is 26.2 Å². The monoisotopic (exact) mass is 173 g/mol. The Kier molecular flexibility index (Phi) is 3.49. The Hall–Kier alpha value is -0.610. The summed E-state index contributed by atoms with van der Waals surface area (Å²) in [5.74, 6) is -0.825. The Morgan fingerprint density at radius 1 is 1.67 bits per heavy atom. The molecule has 0 atom stereocenters. The molecule has 1 aliphatic rings. The average molecular weight is 173 g/mol. The molecule has 1 saturated heterocycles. The standard InChI is InChI=1S/C8H15NO3/c1-2-12-4-3-9-5-7(6-9)8(10)11/h7H,2-6H2,1H3,(H,10,11). The lowest BCUT2D eigenvalue weighted by molar-refractivity contribution is -0.147. The first-order valence-electron chi connectivity index (χ1n) is 4.27. The molecule has 1 aliphatic heterocycles. The summed E-state index contributed by atoms with van der Waals surface area (Å²) >= 11 is 0. The van der Waals surface area contributed by atoms with Crippen LogP contribution in [0.15, 0.2) is 0 Å². The van der Waals surface area contributed by atoms with Gasteiger partial charge in [-0.25, -0.2) is 0 Å². The Bertz CT molecular complexity index is 154. The highest BCUT2D eigenvalue weighted by molar-refractivity contribution is 5.71. The van der Waals surface area contributed by atoms with E-state index in [-0.39, 0.29) is 5.92 Å². The van der Waals surface area contributed by atoms with E-state index in [0.717, 1.165) is 13.2 Å². The third kappa shape index (κ3) is 2.46. The minimum Gasteiger partial charge on any atom is -0.481 e. The first-order valence-corrected chi connectivity index (χ1v) is 4.27. The molecule has 0 radical (unpaired) electrons. The molecule has 0 bridgehead atoms. The number of hydrogen-bond donors (Lipinski definition) is 1. The van der Waals surface area contributed by atoms with Gasteiger partial charge in [-0.05, 0) is 6.92 Å². The third-order valence-electron chi connectivity index (χ3n) is 2.06. The summed E-state index contributed by atoms with van der Waals surface area (Å²) in [7, 11) is 0. The summed E-state index contributed by atoms with van der Waals surface area (Å²) in [4.78, 5) is 12.5. The number of hydrogen-bond acceptors (Lipinski definition) is 3. The van der Waals surface area contributed by atoms with Crippen LogP contribution >= 0.6 is 0 Å². The molecule has 70 valence electrons. The van der Waals surface area contributed by atoms with Gasteiger partial charge in [-0.15, -0.1) is 0 Å². The average Bonchev–Trinajstić information content (AvgIpc) is 1.93. The Balaban J connectivity index is 1.98. The smallest absolute Gasteiger partial charge is 0.309 e. The van der Waals surface area contributed by atoms with Crippen LogP contribution in [0, 0.1) is 5.92 Å². The summed E-state index contributed by atoms with van der Waals surface area (Å²) in [6.45, 7) is 5.62. The minimum absolute atomic E-state index is 0.147. The van der Waals surface area contributed by atoms with E-state index >= 15 is 0 Å². The lowest BCUT2D eigenvalue weighted by atomic mass is 10.0. The van der Waals surface area contributed by atoms with E-state index in [1.807, 2.05) is 6.92 Å². The maximum absolute atomic E-state index is 10.4. The molecule has 0 saturated carbocycles. The van der Waals surface area contributed by atoms with Crippen LogP contribution in [0.1, 0.15) is 6.92 Å². The molecular weight excluding hydrogens is 158 g/mol. The molecule has 0 spiro atoms. The fourth-order valence-corrected chi connectivity index (χ4v) is 1.25. The SMILES string of the molecule is CCOCCN1CC(C(=O)O)C1. The number of nitrogens with zero attached hydrogens (tertiary/aromatic N) is 1. The van der Waals surface area contributed by atoms with Crippen molar-refractivity contribution in [2.45, 2.75) is 6.92 Å². The maximum atomic E-state index is 10.4. The summed E-state index contributed by atoms with van der Waals surface area (Å²) < 4.78 is 5.15. The second kappa shape index (κ2) is 4.42. The van der Waals surface area contributed by atoms with Gasteiger partial charge in [-0.2, -0.15) is 0 Å². The highest BCUT2D eigenvalue weighted by Crippen LogP contribution is 2.14. The Labute approximate surface area is 72.1 Å². The van der Waals surface area contributed by atoms with Crippen LogP contribution in [0.25, 0.3) is 0 Å². The zero-order chi connectivity index (χ0) is 8.97. The van der Waals surface area contributed by atoms with Crippen LogP contribution in [0.5, 0.6) is 0 Å². The van der Waals surface area contributed by atoms with E-state index in [9.17, 15) is 4.79 Å². The van der Waals surface area contributed by atoms with Gasteiger partial charge in [0.05, 0.1) is 12.5 Å². The number of carboxylic acids is 1. The number of carboxylic acid groups (broad SMARTS) is 1. The van der Waals surface area contributed by atoms with E-state index < -0.39 is 5.97 Å². The number of ether oxygens (including phenoxy) is 1. The number of aliphatic carboxylic acids is 1. The van der Waals surface area contributed by atoms with Gasteiger partial charge in [-0.1, -0.05) is 0 Å². The normalized spacial score (nSPS) is 19.1. The van der Waals surface area contributed by atoms with Crippen LogP contribution in [0.3, 0.4) is 0 Å². The molecule has 1 N–H and O–H groups in total. The van der Waals surface area contributed by atoms with Crippen LogP contribution in [-0.2, 0) is 9.53 Å². The van der Waals surface area contributed by atoms with Crippen molar-refractivity contribution >= 4 is 5.97 Å². The van der Waals surface area contributed by atoms with Gasteiger partial charge in [0.15, 0.2) is 0 Å². The zero-order valence-electron chi connectivity index (χ0n) is 7.32. The zero-order valence-corrected chi connectivity index (χ0v) is 7.32. The van der Waals surface area contributed by atoms with Crippen LogP contribution < -0.4 is 0 Å². The molecule has 4 nitrogen and oxygen atoms in total. The fourth-order valence-electron chi connectivity index (χ4n) is 1.25. The van der Waals surface area contributed by atoms with Crippen molar-refractivity contribution in [1.29, 1.82) is 0 Å². The van der Waals surface area contributed by atoms with Crippen molar-refractivity contribution in [1.82, 2.24) is 4.90 Å². The molecule has 1 fully saturated rings. The summed E-state index contributed by atoms with van der Waals surface area (Å²) in [6.07, 6.45) is 0. The van der Waals surface area contributed by atoms with E-state index in [0.29, 0.717) is 19.7 Å². The maximum Gasteiger partial charge on any atom is 0.309 e. The minimum atomic E-state index is -0.678. The van der Waals surface area contributed by atoms with Crippen molar-refractivity contribution in [2.24, 2.45) is 5.92 Å². The number of likely N-dealkylation sites (tertiary alicyclic amines) is 1. The van der Waals surface area contributed by atoms with Gasteiger partial charge in [0.25, 0.3) is 0 Å². The van der Waals surface area contributed by atoms with E-state index in [1.165, 1.54) is 0 Å². The summed E-state index contributed by atoms with van der Waals surface area (Å²) in [6, 6.07) is 0. The molecule has 0 amide bonds. The van der Waals surface area contributed by atoms with Gasteiger partial charge in [0.2, 0.25) is 0 Å². The number of rotatable bonds is 5. The predicted octanol–water partition coefficient (Wildman–Crippen LogP) is 0.0393. The second-order valence-electron chi connectivity index (χ2n) is 2.99. The lowest BCUT2D eigenvalue weighted by Gasteiger charge is -2.36. The molecule has 1 rings (SSSR count). The quantitative estimate of drug-likeness (QED) is 0.596. The molecule has 0 aromatic rings. The molecule has 0 unspecified atom stereocenters. The topological polar surface area (TPSA) is 49.8 Å². The molecule has 0 aromatic heterocycles. The van der Waals surface area contributed by atoms with Crippen molar-refractivity contribution in [3.8, 4) is 0 Å². The second-order valence-corrected chi connectivity index (χ2v) is 2.99. The van der Waals surface area contributed by atoms with E-state index in [4.69, 9.17) is 9.84 Å². The van der Waals surface area contributed by atoms with E-state index in [2.05, 4.69) is 4.90 Å². The third-order valence-corrected chi connectivity index (χ3v) is 2.06. The van der Waals surface area contributed by atoms with Crippen LogP contribution in [0.4, 0.5) is 0 Å². The molecular formula is C8H15NO3. The number of carbonyl (C=O) groups is 1. The fraction of sp³-hybridized carbons (Fsp3) is 0.875. The molecule has 12 heavy (non-hydrogen) atoms. The largest absolute Gasteiger partial charge is 0.481 e. The lowest BCUT2D eigenvalue weighted by Crippen LogP contribution is -2.51. The first kappa shape index (κ1) is 9.48. The van der Waals surface area contributed by atoms with Gasteiger partial charge < -0.3 is 9.84 Å². The molecule has 4 heteroatoms. The molecule has 0 aromatic carbocycles. The Morgan fingerprint density at radius 3 is 2.83 bits per heavy atom. The van der Waals surface area contributed by atoms with Crippen molar-refractivity contribution in [3.63, 3.8) is 0 Å². The van der Waals surface area contributed by atoms with Crippen molar-refractivity contribution in [2.75, 3.05) is 32.8 Å². The first-order chi connectivity index (χ1) is 5.74. The van der Waals surface area contributed by atoms with Gasteiger partial charge in [-0.3, -0.25) is 9.69 Å². The van der Waals surface area contributed by atoms with E-state index in [1.54, 1.807) is 0 Å². The van der Waals surface area contributed by atoms with Crippen LogP contribution in [0.2, 0.25) is 0 Å². The predicted molar refractivity (Wildman–Crippen MR) is 44.1 cm³/mol. The highest BCUT2D eigenvalue weighted by Gasteiger charge is 2.31. The van der Waals surface area contributed by atoms with Crippen molar-refractivity contribution < 1.29 is 14.6 Å². The van der Waals surface area contributed by atoms with Gasteiger partial charge >= 0.3 is 5.97 Å². The highest BCUT2D eigenvalue weighted by atomic mass is 16.5. The summed E-state index contributed by atoms with van der Waals surface area (Å²) in [5.41, 5.74) is 0. The van der Waals surface area contributed by atoms with Crippen molar-refractivity contribution in [3.05, 3.63) is 0 Å². The molecule has 0 aliphatic carbocycles. The molecule has 1 heterocycles. The Morgan fingerprint density at radius 2 is 2.33 bits per heavy atom. The van der Waals surface area contributed by atoms with Gasteiger partial charge in [0.1, 0.15) is 0 Å². The van der Waals surface area contributed by atoms with Crippen LogP contribution in [-0.4, -0.2) is 48.8 Å².